The molecule has 4 nitrogen and oxygen atoms in total. The Morgan fingerprint density at radius 3 is 2.37 bits per heavy atom. The third-order valence-electron chi connectivity index (χ3n) is 4.06. The van der Waals surface area contributed by atoms with Gasteiger partial charge in [-0.3, -0.25) is 5.32 Å². The van der Waals surface area contributed by atoms with E-state index in [-0.39, 0.29) is 11.8 Å². The number of phenols is 1. The van der Waals surface area contributed by atoms with Crippen LogP contribution in [0, 0.1) is 0 Å². The number of aromatic hydroxyl groups is 1. The number of benzene rings is 1. The van der Waals surface area contributed by atoms with E-state index in [1.807, 2.05) is 6.92 Å². The van der Waals surface area contributed by atoms with Crippen molar-refractivity contribution in [2.45, 2.75) is 50.6 Å². The Kier molecular flexibility index (Phi) is 4.10. The Hall–Kier alpha value is -1.55. The second-order valence-corrected chi connectivity index (χ2v) is 5.24. The largest absolute Gasteiger partial charge is 0.508 e. The quantitative estimate of drug-likeness (QED) is 0.763. The van der Waals surface area contributed by atoms with Gasteiger partial charge in [-0.2, -0.15) is 0 Å². The zero-order chi connectivity index (χ0) is 13.9. The molecular formula is C15H21NO3. The fourth-order valence-electron chi connectivity index (χ4n) is 2.89. The van der Waals surface area contributed by atoms with E-state index in [0.717, 1.165) is 25.7 Å². The highest BCUT2D eigenvalue weighted by molar-refractivity contribution is 5.81. The van der Waals surface area contributed by atoms with Gasteiger partial charge in [0.25, 0.3) is 0 Å². The van der Waals surface area contributed by atoms with E-state index in [4.69, 9.17) is 0 Å². The molecule has 3 N–H and O–H groups in total. The van der Waals surface area contributed by atoms with E-state index >= 15 is 0 Å². The summed E-state index contributed by atoms with van der Waals surface area (Å²) in [6.07, 6.45) is 4.86. The minimum atomic E-state index is -1.05. The van der Waals surface area contributed by atoms with E-state index in [1.165, 1.54) is 0 Å². The Morgan fingerprint density at radius 2 is 1.89 bits per heavy atom. The van der Waals surface area contributed by atoms with Crippen LogP contribution < -0.4 is 5.32 Å². The molecule has 1 unspecified atom stereocenters. The number of carboxylic acids is 1. The number of phenolic OH excluding ortho intramolecular Hbond substituents is 1. The van der Waals surface area contributed by atoms with E-state index in [9.17, 15) is 15.0 Å². The minimum Gasteiger partial charge on any atom is -0.508 e. The highest BCUT2D eigenvalue weighted by atomic mass is 16.4. The van der Waals surface area contributed by atoms with Crippen LogP contribution in [-0.4, -0.2) is 22.2 Å². The van der Waals surface area contributed by atoms with Gasteiger partial charge < -0.3 is 10.2 Å². The van der Waals surface area contributed by atoms with Gasteiger partial charge in [-0.05, 0) is 37.0 Å². The first-order valence-electron chi connectivity index (χ1n) is 6.89. The van der Waals surface area contributed by atoms with Gasteiger partial charge in [-0.1, -0.05) is 31.9 Å². The molecule has 1 aliphatic rings. The Morgan fingerprint density at radius 1 is 1.32 bits per heavy atom. The average Bonchev–Trinajstić information content (AvgIpc) is 2.89. The summed E-state index contributed by atoms with van der Waals surface area (Å²) in [4.78, 5) is 11.8. The summed E-state index contributed by atoms with van der Waals surface area (Å²) >= 11 is 0. The number of nitrogens with one attached hydrogen (secondary N) is 1. The van der Waals surface area contributed by atoms with E-state index in [2.05, 4.69) is 5.32 Å². The van der Waals surface area contributed by atoms with Crippen LogP contribution in [0.2, 0.25) is 0 Å². The first-order chi connectivity index (χ1) is 9.08. The first kappa shape index (κ1) is 13.9. The molecule has 1 saturated carbocycles. The summed E-state index contributed by atoms with van der Waals surface area (Å²) in [5.41, 5.74) is -0.352. The van der Waals surface area contributed by atoms with Crippen molar-refractivity contribution >= 4 is 5.97 Å². The fourth-order valence-corrected chi connectivity index (χ4v) is 2.89. The van der Waals surface area contributed by atoms with E-state index in [0.29, 0.717) is 12.0 Å². The van der Waals surface area contributed by atoms with Gasteiger partial charge in [0.15, 0.2) is 0 Å². The van der Waals surface area contributed by atoms with Gasteiger partial charge in [-0.25, -0.2) is 4.79 Å². The number of hydrogen-bond acceptors (Lipinski definition) is 3. The number of hydrogen-bond donors (Lipinski definition) is 3. The monoisotopic (exact) mass is 263 g/mol. The van der Waals surface area contributed by atoms with Crippen molar-refractivity contribution < 1.29 is 15.0 Å². The molecule has 0 aromatic heterocycles. The van der Waals surface area contributed by atoms with Crippen molar-refractivity contribution in [1.82, 2.24) is 5.32 Å². The predicted molar refractivity (Wildman–Crippen MR) is 73.1 cm³/mol. The number of carbonyl (C=O) groups is 1. The topological polar surface area (TPSA) is 69.6 Å². The standard InChI is InChI=1S/C15H21NO3/c1-2-15(14(18)19,16-12-5-3-4-6-12)11-7-9-13(17)10-8-11/h7-10,12,16-17H,2-6H2,1H3,(H,18,19). The van der Waals surface area contributed by atoms with Crippen molar-refractivity contribution in [2.75, 3.05) is 0 Å². The molecule has 0 saturated heterocycles. The minimum absolute atomic E-state index is 0.153. The van der Waals surface area contributed by atoms with Crippen LogP contribution in [0.25, 0.3) is 0 Å². The van der Waals surface area contributed by atoms with Gasteiger partial charge in [0.1, 0.15) is 11.3 Å². The summed E-state index contributed by atoms with van der Waals surface area (Å²) < 4.78 is 0. The van der Waals surface area contributed by atoms with Crippen LogP contribution in [0.4, 0.5) is 0 Å². The molecule has 1 aromatic rings. The molecule has 1 atom stereocenters. The maximum absolute atomic E-state index is 11.8. The lowest BCUT2D eigenvalue weighted by Crippen LogP contribution is -2.52. The first-order valence-corrected chi connectivity index (χ1v) is 6.89. The molecule has 0 bridgehead atoms. The van der Waals surface area contributed by atoms with E-state index in [1.54, 1.807) is 24.3 Å². The van der Waals surface area contributed by atoms with Crippen molar-refractivity contribution in [3.05, 3.63) is 29.8 Å². The molecule has 2 rings (SSSR count). The maximum Gasteiger partial charge on any atom is 0.328 e. The highest BCUT2D eigenvalue weighted by Gasteiger charge is 2.40. The molecule has 104 valence electrons. The molecular weight excluding hydrogens is 242 g/mol. The summed E-state index contributed by atoms with van der Waals surface area (Å²) in [7, 11) is 0. The zero-order valence-electron chi connectivity index (χ0n) is 11.2. The van der Waals surface area contributed by atoms with Gasteiger partial charge in [0.05, 0.1) is 0 Å². The zero-order valence-corrected chi connectivity index (χ0v) is 11.2. The Balaban J connectivity index is 2.32. The Labute approximate surface area is 113 Å². The van der Waals surface area contributed by atoms with Crippen molar-refractivity contribution in [3.8, 4) is 5.75 Å². The molecule has 1 fully saturated rings. The van der Waals surface area contributed by atoms with Gasteiger partial charge >= 0.3 is 5.97 Å². The van der Waals surface area contributed by atoms with Crippen molar-refractivity contribution in [1.29, 1.82) is 0 Å². The predicted octanol–water partition coefficient (Wildman–Crippen LogP) is 2.61. The van der Waals surface area contributed by atoms with Crippen LogP contribution in [-0.2, 0) is 10.3 Å². The van der Waals surface area contributed by atoms with Crippen molar-refractivity contribution in [3.63, 3.8) is 0 Å². The molecule has 0 spiro atoms. The average molecular weight is 263 g/mol. The second kappa shape index (κ2) is 5.61. The summed E-state index contributed by atoms with van der Waals surface area (Å²) in [6, 6.07) is 6.73. The number of rotatable bonds is 5. The van der Waals surface area contributed by atoms with Crippen molar-refractivity contribution in [2.24, 2.45) is 0 Å². The normalized spacial score (nSPS) is 19.2. The lowest BCUT2D eigenvalue weighted by molar-refractivity contribution is -0.146. The van der Waals surface area contributed by atoms with Crippen LogP contribution in [0.1, 0.15) is 44.6 Å². The highest BCUT2D eigenvalue weighted by Crippen LogP contribution is 2.30. The molecule has 0 amide bonds. The SMILES string of the molecule is CCC(NC1CCCC1)(C(=O)O)c1ccc(O)cc1. The third kappa shape index (κ3) is 2.73. The van der Waals surface area contributed by atoms with Crippen LogP contribution in [0.5, 0.6) is 5.75 Å². The van der Waals surface area contributed by atoms with Crippen LogP contribution in [0.15, 0.2) is 24.3 Å². The summed E-state index contributed by atoms with van der Waals surface area (Å²) in [6.45, 7) is 1.88. The molecule has 0 heterocycles. The third-order valence-corrected chi connectivity index (χ3v) is 4.06. The van der Waals surface area contributed by atoms with Gasteiger partial charge in [0.2, 0.25) is 0 Å². The number of carboxylic acid groups (broad SMARTS) is 1. The lowest BCUT2D eigenvalue weighted by Gasteiger charge is -2.33. The molecule has 4 heteroatoms. The van der Waals surface area contributed by atoms with Crippen LogP contribution in [0.3, 0.4) is 0 Å². The lowest BCUT2D eigenvalue weighted by atomic mass is 9.86. The molecule has 19 heavy (non-hydrogen) atoms. The van der Waals surface area contributed by atoms with Gasteiger partial charge in [-0.15, -0.1) is 0 Å². The van der Waals surface area contributed by atoms with E-state index < -0.39 is 11.5 Å². The summed E-state index contributed by atoms with van der Waals surface area (Å²) in [5, 5.41) is 22.4. The molecule has 1 aliphatic carbocycles. The Bertz CT molecular complexity index is 437. The summed E-state index contributed by atoms with van der Waals surface area (Å²) in [5.74, 6) is -0.701. The second-order valence-electron chi connectivity index (χ2n) is 5.24. The number of aliphatic carboxylic acids is 1. The molecule has 0 aliphatic heterocycles. The van der Waals surface area contributed by atoms with Gasteiger partial charge in [0, 0.05) is 6.04 Å². The fraction of sp³-hybridized carbons (Fsp3) is 0.533. The smallest absolute Gasteiger partial charge is 0.328 e. The maximum atomic E-state index is 11.8. The molecule has 0 radical (unpaired) electrons. The van der Waals surface area contributed by atoms with Crippen LogP contribution >= 0.6 is 0 Å². The molecule has 1 aromatic carbocycles.